The fourth-order valence-electron chi connectivity index (χ4n) is 2.93. The van der Waals surface area contributed by atoms with Crippen LogP contribution in [-0.2, 0) is 6.61 Å². The van der Waals surface area contributed by atoms with Gasteiger partial charge in [-0.05, 0) is 29.8 Å². The lowest BCUT2D eigenvalue weighted by Crippen LogP contribution is -2.00. The molecule has 0 spiro atoms. The molecule has 0 aliphatic carbocycles. The minimum Gasteiger partial charge on any atom is -0.493 e. The van der Waals surface area contributed by atoms with E-state index in [0.717, 1.165) is 22.2 Å². The summed E-state index contributed by atoms with van der Waals surface area (Å²) in [7, 11) is 1.60. The van der Waals surface area contributed by atoms with Crippen molar-refractivity contribution in [2.75, 3.05) is 12.4 Å². The Bertz CT molecular complexity index is 1130. The van der Waals surface area contributed by atoms with Gasteiger partial charge in [0.15, 0.2) is 11.5 Å². The molecular formula is C22H17Cl2N3O2. The van der Waals surface area contributed by atoms with Crippen LogP contribution in [0.2, 0.25) is 10.0 Å². The Morgan fingerprint density at radius 2 is 1.66 bits per heavy atom. The Morgan fingerprint density at radius 1 is 0.897 bits per heavy atom. The highest BCUT2D eigenvalue weighted by atomic mass is 35.5. The third-order valence-corrected chi connectivity index (χ3v) is 4.72. The molecule has 0 aliphatic heterocycles. The normalized spacial score (nSPS) is 10.7. The smallest absolute Gasteiger partial charge is 0.162 e. The van der Waals surface area contributed by atoms with Gasteiger partial charge >= 0.3 is 0 Å². The SMILES string of the molecule is COc1cc2ncnc(Nc3cc(Cl)cc(Cl)c3)c2cc1OCc1ccccc1. The van der Waals surface area contributed by atoms with Crippen LogP contribution in [0.4, 0.5) is 11.5 Å². The van der Waals surface area contributed by atoms with Crippen LogP contribution in [0.3, 0.4) is 0 Å². The summed E-state index contributed by atoms with van der Waals surface area (Å²) in [5, 5.41) is 5.10. The second-order valence-corrected chi connectivity index (χ2v) is 7.17. The van der Waals surface area contributed by atoms with Gasteiger partial charge in [-0.3, -0.25) is 0 Å². The molecule has 0 amide bonds. The Labute approximate surface area is 178 Å². The number of hydrogen-bond acceptors (Lipinski definition) is 5. The summed E-state index contributed by atoms with van der Waals surface area (Å²) < 4.78 is 11.5. The van der Waals surface area contributed by atoms with Crippen LogP contribution in [0.5, 0.6) is 11.5 Å². The minimum absolute atomic E-state index is 0.420. The number of hydrogen-bond donors (Lipinski definition) is 1. The van der Waals surface area contributed by atoms with Crippen molar-refractivity contribution in [3.05, 3.63) is 82.6 Å². The van der Waals surface area contributed by atoms with Crippen LogP contribution < -0.4 is 14.8 Å². The lowest BCUT2D eigenvalue weighted by molar-refractivity contribution is 0.285. The summed E-state index contributed by atoms with van der Waals surface area (Å²) in [6.07, 6.45) is 1.49. The molecule has 146 valence electrons. The van der Waals surface area contributed by atoms with Crippen molar-refractivity contribution >= 4 is 45.6 Å². The Balaban J connectivity index is 1.70. The lowest BCUT2D eigenvalue weighted by atomic mass is 10.2. The van der Waals surface area contributed by atoms with Crippen LogP contribution in [0.15, 0.2) is 67.0 Å². The molecule has 3 aromatic carbocycles. The van der Waals surface area contributed by atoms with Crippen LogP contribution in [0.1, 0.15) is 5.56 Å². The van der Waals surface area contributed by atoms with E-state index in [9.17, 15) is 0 Å². The largest absolute Gasteiger partial charge is 0.493 e. The summed E-state index contributed by atoms with van der Waals surface area (Å²) in [5.74, 6) is 1.82. The number of aromatic nitrogens is 2. The highest BCUT2D eigenvalue weighted by Crippen LogP contribution is 2.35. The lowest BCUT2D eigenvalue weighted by Gasteiger charge is -2.14. The van der Waals surface area contributed by atoms with Crippen molar-refractivity contribution < 1.29 is 9.47 Å². The van der Waals surface area contributed by atoms with E-state index in [1.54, 1.807) is 25.3 Å². The van der Waals surface area contributed by atoms with Crippen LogP contribution >= 0.6 is 23.2 Å². The van der Waals surface area contributed by atoms with Gasteiger partial charge in [-0.25, -0.2) is 9.97 Å². The Kier molecular flexibility index (Phi) is 5.69. The van der Waals surface area contributed by atoms with E-state index >= 15 is 0 Å². The molecule has 0 saturated heterocycles. The number of benzene rings is 3. The zero-order chi connectivity index (χ0) is 20.2. The number of fused-ring (bicyclic) bond motifs is 1. The second kappa shape index (κ2) is 8.55. The van der Waals surface area contributed by atoms with Gasteiger partial charge < -0.3 is 14.8 Å². The van der Waals surface area contributed by atoms with Gasteiger partial charge in [0.05, 0.1) is 12.6 Å². The standard InChI is InChI=1S/C22H17Cl2N3O2/c1-28-20-11-19-18(10-21(20)29-12-14-5-3-2-4-6-14)22(26-13-25-19)27-17-8-15(23)7-16(24)9-17/h2-11,13H,12H2,1H3,(H,25,26,27). The van der Waals surface area contributed by atoms with Crippen molar-refractivity contribution in [1.29, 1.82) is 0 Å². The van der Waals surface area contributed by atoms with E-state index < -0.39 is 0 Å². The second-order valence-electron chi connectivity index (χ2n) is 6.30. The van der Waals surface area contributed by atoms with Gasteiger partial charge in [0, 0.05) is 27.2 Å². The van der Waals surface area contributed by atoms with Crippen molar-refractivity contribution in [2.45, 2.75) is 6.61 Å². The molecule has 0 atom stereocenters. The fourth-order valence-corrected chi connectivity index (χ4v) is 3.46. The third kappa shape index (κ3) is 4.53. The summed E-state index contributed by atoms with van der Waals surface area (Å²) in [4.78, 5) is 8.72. The molecule has 0 aliphatic rings. The predicted molar refractivity (Wildman–Crippen MR) is 117 cm³/mol. The van der Waals surface area contributed by atoms with E-state index in [4.69, 9.17) is 32.7 Å². The molecule has 29 heavy (non-hydrogen) atoms. The zero-order valence-electron chi connectivity index (χ0n) is 15.5. The fraction of sp³-hybridized carbons (Fsp3) is 0.0909. The molecule has 0 saturated carbocycles. The molecule has 4 rings (SSSR count). The van der Waals surface area contributed by atoms with Crippen molar-refractivity contribution in [3.63, 3.8) is 0 Å². The maximum Gasteiger partial charge on any atom is 0.162 e. The molecule has 7 heteroatoms. The third-order valence-electron chi connectivity index (χ3n) is 4.28. The highest BCUT2D eigenvalue weighted by molar-refractivity contribution is 6.35. The number of halogens is 2. The molecule has 0 bridgehead atoms. The maximum absolute atomic E-state index is 6.11. The van der Waals surface area contributed by atoms with Gasteiger partial charge in [0.1, 0.15) is 18.8 Å². The monoisotopic (exact) mass is 425 g/mol. The van der Waals surface area contributed by atoms with E-state index in [2.05, 4.69) is 15.3 Å². The van der Waals surface area contributed by atoms with Crippen LogP contribution in [-0.4, -0.2) is 17.1 Å². The number of nitrogens with zero attached hydrogens (tertiary/aromatic N) is 2. The first-order chi connectivity index (χ1) is 14.1. The Morgan fingerprint density at radius 3 is 2.38 bits per heavy atom. The molecule has 1 aromatic heterocycles. The molecule has 1 N–H and O–H groups in total. The first kappa shape index (κ1) is 19.3. The summed E-state index contributed by atoms with van der Waals surface area (Å²) in [5.41, 5.74) is 2.51. The number of nitrogens with one attached hydrogen (secondary N) is 1. The van der Waals surface area contributed by atoms with E-state index in [1.807, 2.05) is 42.5 Å². The highest BCUT2D eigenvalue weighted by Gasteiger charge is 2.12. The minimum atomic E-state index is 0.420. The molecule has 5 nitrogen and oxygen atoms in total. The van der Waals surface area contributed by atoms with Gasteiger partial charge in [0.2, 0.25) is 0 Å². The van der Waals surface area contributed by atoms with E-state index in [0.29, 0.717) is 34.0 Å². The summed E-state index contributed by atoms with van der Waals surface area (Å²) in [6, 6.07) is 18.8. The number of anilines is 2. The van der Waals surface area contributed by atoms with Gasteiger partial charge in [-0.2, -0.15) is 0 Å². The van der Waals surface area contributed by atoms with Crippen molar-refractivity contribution in [3.8, 4) is 11.5 Å². The van der Waals surface area contributed by atoms with Gasteiger partial charge in [-0.1, -0.05) is 53.5 Å². The average molecular weight is 426 g/mol. The molecule has 4 aromatic rings. The molecule has 0 fully saturated rings. The van der Waals surface area contributed by atoms with Crippen molar-refractivity contribution in [2.24, 2.45) is 0 Å². The van der Waals surface area contributed by atoms with Gasteiger partial charge in [0.25, 0.3) is 0 Å². The average Bonchev–Trinajstić information content (AvgIpc) is 2.72. The van der Waals surface area contributed by atoms with Crippen molar-refractivity contribution in [1.82, 2.24) is 9.97 Å². The maximum atomic E-state index is 6.11. The number of ether oxygens (including phenoxy) is 2. The summed E-state index contributed by atoms with van der Waals surface area (Å²) in [6.45, 7) is 0.420. The first-order valence-corrected chi connectivity index (χ1v) is 9.60. The van der Waals surface area contributed by atoms with Crippen LogP contribution in [0, 0.1) is 0 Å². The quantitative estimate of drug-likeness (QED) is 0.394. The van der Waals surface area contributed by atoms with Gasteiger partial charge in [-0.15, -0.1) is 0 Å². The number of rotatable bonds is 6. The van der Waals surface area contributed by atoms with E-state index in [-0.39, 0.29) is 0 Å². The summed E-state index contributed by atoms with van der Waals surface area (Å²) >= 11 is 12.2. The number of methoxy groups -OCH3 is 1. The first-order valence-electron chi connectivity index (χ1n) is 8.85. The molecule has 0 radical (unpaired) electrons. The predicted octanol–water partition coefficient (Wildman–Crippen LogP) is 6.27. The zero-order valence-corrected chi connectivity index (χ0v) is 17.0. The topological polar surface area (TPSA) is 56.3 Å². The molecule has 0 unspecified atom stereocenters. The van der Waals surface area contributed by atoms with Crippen LogP contribution in [0.25, 0.3) is 10.9 Å². The Hall–Kier alpha value is -3.02. The molecular weight excluding hydrogens is 409 g/mol. The van der Waals surface area contributed by atoms with E-state index in [1.165, 1.54) is 6.33 Å². The molecule has 1 heterocycles.